The zero-order valence-corrected chi connectivity index (χ0v) is 13.4. The van der Waals surface area contributed by atoms with Crippen LogP contribution < -0.4 is 0 Å². The molecule has 0 aliphatic carbocycles. The summed E-state index contributed by atoms with van der Waals surface area (Å²) in [4.78, 5) is 1.40. The fraction of sp³-hybridized carbons (Fsp3) is 0.385. The molecule has 1 fully saturated rings. The van der Waals surface area contributed by atoms with Gasteiger partial charge in [-0.15, -0.1) is 6.42 Å². The third kappa shape index (κ3) is 3.43. The van der Waals surface area contributed by atoms with Crippen molar-refractivity contribution in [2.24, 2.45) is 0 Å². The molecule has 0 atom stereocenters. The number of hydrogen-bond acceptors (Lipinski definition) is 3. The van der Waals surface area contributed by atoms with E-state index in [0.29, 0.717) is 25.7 Å². The summed E-state index contributed by atoms with van der Waals surface area (Å²) in [6, 6.07) is 1.50. The lowest BCUT2D eigenvalue weighted by Gasteiger charge is -2.33. The van der Waals surface area contributed by atoms with Gasteiger partial charge < -0.3 is 0 Å². The third-order valence-electron chi connectivity index (χ3n) is 3.21. The van der Waals surface area contributed by atoms with Crippen LogP contribution in [0.1, 0.15) is 0 Å². The van der Waals surface area contributed by atoms with Crippen LogP contribution in [0.25, 0.3) is 0 Å². The highest BCUT2D eigenvalue weighted by Crippen LogP contribution is 2.29. The Balaban J connectivity index is 2.27. The van der Waals surface area contributed by atoms with Crippen molar-refractivity contribution in [3.63, 3.8) is 0 Å². The molecule has 4 nitrogen and oxygen atoms in total. The second-order valence-electron chi connectivity index (χ2n) is 4.58. The van der Waals surface area contributed by atoms with Crippen molar-refractivity contribution in [3.05, 3.63) is 28.2 Å². The molecule has 1 saturated heterocycles. The summed E-state index contributed by atoms with van der Waals surface area (Å²) in [5, 5.41) is 0. The highest BCUT2D eigenvalue weighted by molar-refractivity contribution is 9.10. The first kappa shape index (κ1) is 16.4. The quantitative estimate of drug-likeness (QED) is 0.751. The molecule has 0 bridgehead atoms. The van der Waals surface area contributed by atoms with Gasteiger partial charge in [0.15, 0.2) is 0 Å². The van der Waals surface area contributed by atoms with Gasteiger partial charge in [-0.25, -0.2) is 17.2 Å². The molecule has 1 aromatic carbocycles. The molecule has 2 rings (SSSR count). The molecule has 0 unspecified atom stereocenters. The Labute approximate surface area is 130 Å². The molecule has 1 heterocycles. The van der Waals surface area contributed by atoms with Crippen molar-refractivity contribution in [3.8, 4) is 12.3 Å². The van der Waals surface area contributed by atoms with E-state index in [1.807, 2.05) is 4.90 Å². The molecular weight excluding hydrogens is 366 g/mol. The number of hydrogen-bond donors (Lipinski definition) is 0. The minimum atomic E-state index is -4.01. The molecule has 8 heteroatoms. The Bertz CT molecular complexity index is 657. The summed E-state index contributed by atoms with van der Waals surface area (Å²) in [6.07, 6.45) is 5.21. The Kier molecular flexibility index (Phi) is 4.99. The molecule has 0 spiro atoms. The zero-order valence-electron chi connectivity index (χ0n) is 11.0. The number of piperazine rings is 1. The van der Waals surface area contributed by atoms with Crippen LogP contribution in [0.5, 0.6) is 0 Å². The molecule has 0 aromatic heterocycles. The van der Waals surface area contributed by atoms with Crippen LogP contribution in [-0.2, 0) is 10.0 Å². The number of rotatable bonds is 3. The summed E-state index contributed by atoms with van der Waals surface area (Å²) in [5.41, 5.74) is 0. The molecule has 0 radical (unpaired) electrons. The van der Waals surface area contributed by atoms with E-state index in [1.165, 1.54) is 4.31 Å². The predicted octanol–water partition coefficient (Wildman–Crippen LogP) is 1.67. The summed E-state index contributed by atoms with van der Waals surface area (Å²) >= 11 is 2.91. The maximum atomic E-state index is 13.8. The monoisotopic (exact) mass is 378 g/mol. The Morgan fingerprint density at radius 3 is 2.38 bits per heavy atom. The molecule has 21 heavy (non-hydrogen) atoms. The van der Waals surface area contributed by atoms with Crippen molar-refractivity contribution >= 4 is 26.0 Å². The van der Waals surface area contributed by atoms with Gasteiger partial charge in [0.25, 0.3) is 0 Å². The number of benzene rings is 1. The van der Waals surface area contributed by atoms with Gasteiger partial charge in [0.2, 0.25) is 10.0 Å². The Morgan fingerprint density at radius 1 is 1.24 bits per heavy atom. The van der Waals surface area contributed by atoms with Crippen LogP contribution in [0.2, 0.25) is 0 Å². The fourth-order valence-electron chi connectivity index (χ4n) is 2.16. The number of nitrogens with zero attached hydrogens (tertiary/aromatic N) is 2. The SMILES string of the molecule is C#CCN1CCN(S(=O)(=O)c2c(F)cc(F)cc2Br)CC1. The van der Waals surface area contributed by atoms with Gasteiger partial charge in [0.1, 0.15) is 16.5 Å². The van der Waals surface area contributed by atoms with Gasteiger partial charge in [-0.3, -0.25) is 4.90 Å². The molecular formula is C13H13BrF2N2O2S. The lowest BCUT2D eigenvalue weighted by atomic mass is 10.3. The lowest BCUT2D eigenvalue weighted by Crippen LogP contribution is -2.48. The van der Waals surface area contributed by atoms with Crippen molar-refractivity contribution in [1.29, 1.82) is 0 Å². The second kappa shape index (κ2) is 6.40. The minimum absolute atomic E-state index is 0.119. The smallest absolute Gasteiger partial charge is 0.247 e. The normalized spacial score (nSPS) is 17.6. The first-order valence-corrected chi connectivity index (χ1v) is 8.40. The maximum absolute atomic E-state index is 13.8. The average Bonchev–Trinajstić information content (AvgIpc) is 2.38. The van der Waals surface area contributed by atoms with Gasteiger partial charge in [-0.2, -0.15) is 4.31 Å². The summed E-state index contributed by atoms with van der Waals surface area (Å²) in [6.45, 7) is 1.83. The fourth-order valence-corrected chi connectivity index (χ4v) is 4.70. The van der Waals surface area contributed by atoms with E-state index in [-0.39, 0.29) is 17.6 Å². The topological polar surface area (TPSA) is 40.6 Å². The summed E-state index contributed by atoms with van der Waals surface area (Å²) in [7, 11) is -4.01. The van der Waals surface area contributed by atoms with Gasteiger partial charge >= 0.3 is 0 Å². The standard InChI is InChI=1S/C13H13BrF2N2O2S/c1-2-3-17-4-6-18(7-5-17)21(19,20)13-11(14)8-10(15)9-12(13)16/h1,8-9H,3-7H2. The second-order valence-corrected chi connectivity index (χ2v) is 7.31. The van der Waals surface area contributed by atoms with Crippen LogP contribution in [0.3, 0.4) is 0 Å². The Hall–Kier alpha value is -1.01. The van der Waals surface area contributed by atoms with E-state index in [1.54, 1.807) is 0 Å². The van der Waals surface area contributed by atoms with E-state index < -0.39 is 26.6 Å². The largest absolute Gasteiger partial charge is 0.290 e. The molecule has 0 amide bonds. The van der Waals surface area contributed by atoms with E-state index in [9.17, 15) is 17.2 Å². The van der Waals surface area contributed by atoms with Gasteiger partial charge in [-0.05, 0) is 22.0 Å². The predicted molar refractivity (Wildman–Crippen MR) is 78.1 cm³/mol. The van der Waals surface area contributed by atoms with Crippen LogP contribution >= 0.6 is 15.9 Å². The Morgan fingerprint density at radius 2 is 1.86 bits per heavy atom. The van der Waals surface area contributed by atoms with Crippen LogP contribution in [-0.4, -0.2) is 50.3 Å². The average molecular weight is 379 g/mol. The van der Waals surface area contributed by atoms with E-state index in [0.717, 1.165) is 6.07 Å². The minimum Gasteiger partial charge on any atom is -0.290 e. The number of halogens is 3. The van der Waals surface area contributed by atoms with E-state index in [4.69, 9.17) is 6.42 Å². The third-order valence-corrected chi connectivity index (χ3v) is 6.07. The van der Waals surface area contributed by atoms with Gasteiger partial charge in [-0.1, -0.05) is 5.92 Å². The molecule has 1 aromatic rings. The van der Waals surface area contributed by atoms with Crippen molar-refractivity contribution in [2.75, 3.05) is 32.7 Å². The van der Waals surface area contributed by atoms with Gasteiger partial charge in [0, 0.05) is 36.7 Å². The maximum Gasteiger partial charge on any atom is 0.247 e. The molecule has 0 saturated carbocycles. The van der Waals surface area contributed by atoms with Crippen molar-refractivity contribution in [2.45, 2.75) is 4.90 Å². The van der Waals surface area contributed by atoms with E-state index >= 15 is 0 Å². The molecule has 1 aliphatic rings. The van der Waals surface area contributed by atoms with Crippen LogP contribution in [0.15, 0.2) is 21.5 Å². The zero-order chi connectivity index (χ0) is 15.6. The van der Waals surface area contributed by atoms with E-state index in [2.05, 4.69) is 21.9 Å². The summed E-state index contributed by atoms with van der Waals surface area (Å²) in [5.74, 6) is 0.556. The highest BCUT2D eigenvalue weighted by atomic mass is 79.9. The molecule has 114 valence electrons. The molecule has 0 N–H and O–H groups in total. The van der Waals surface area contributed by atoms with Crippen LogP contribution in [0.4, 0.5) is 8.78 Å². The highest BCUT2D eigenvalue weighted by Gasteiger charge is 2.32. The molecule has 1 aliphatic heterocycles. The lowest BCUT2D eigenvalue weighted by molar-refractivity contribution is 0.206. The van der Waals surface area contributed by atoms with Crippen molar-refractivity contribution < 1.29 is 17.2 Å². The first-order chi connectivity index (χ1) is 9.86. The summed E-state index contributed by atoms with van der Waals surface area (Å²) < 4.78 is 52.9. The van der Waals surface area contributed by atoms with Crippen molar-refractivity contribution in [1.82, 2.24) is 9.21 Å². The number of terminal acetylenes is 1. The number of sulfonamides is 1. The van der Waals surface area contributed by atoms with Crippen LogP contribution in [0, 0.1) is 24.0 Å². The van der Waals surface area contributed by atoms with Gasteiger partial charge in [0.05, 0.1) is 6.54 Å². The first-order valence-electron chi connectivity index (χ1n) is 6.17.